The van der Waals surface area contributed by atoms with Crippen LogP contribution in [0.15, 0.2) is 91.0 Å². The predicted octanol–water partition coefficient (Wildman–Crippen LogP) is 6.70. The summed E-state index contributed by atoms with van der Waals surface area (Å²) in [7, 11) is 1.40. The zero-order valence-electron chi connectivity index (χ0n) is 21.8. The molecule has 8 nitrogen and oxygen atoms in total. The van der Waals surface area contributed by atoms with E-state index in [2.05, 4.69) is 12.2 Å². The van der Waals surface area contributed by atoms with Crippen LogP contribution in [0.4, 0.5) is 17.1 Å². The molecule has 1 atom stereocenters. The normalized spacial score (nSPS) is 14.5. The molecule has 1 aliphatic heterocycles. The van der Waals surface area contributed by atoms with Crippen LogP contribution in [-0.4, -0.2) is 30.5 Å². The number of anilines is 2. The highest BCUT2D eigenvalue weighted by Gasteiger charge is 2.25. The van der Waals surface area contributed by atoms with Gasteiger partial charge in [-0.25, -0.2) is 0 Å². The first-order valence-corrected chi connectivity index (χ1v) is 12.8. The summed E-state index contributed by atoms with van der Waals surface area (Å²) in [5, 5.41) is 14.9. The SMILES string of the molecule is COc1cc(-c2ccc(C(=O)N3CC[C@H](C)Nc4ccccc43)cc2OCc2ccccc2)ccc1[N+](=O)[O-]. The van der Waals surface area contributed by atoms with Gasteiger partial charge in [0, 0.05) is 29.8 Å². The summed E-state index contributed by atoms with van der Waals surface area (Å²) in [4.78, 5) is 26.6. The van der Waals surface area contributed by atoms with Crippen molar-refractivity contribution < 1.29 is 19.2 Å². The molecule has 1 aliphatic rings. The molecule has 5 rings (SSSR count). The molecule has 0 fully saturated rings. The highest BCUT2D eigenvalue weighted by atomic mass is 16.6. The van der Waals surface area contributed by atoms with Gasteiger partial charge in [0.15, 0.2) is 5.75 Å². The first-order valence-electron chi connectivity index (χ1n) is 12.8. The lowest BCUT2D eigenvalue weighted by atomic mass is 10.0. The Kier molecular flexibility index (Phi) is 7.45. The number of benzene rings is 4. The third-order valence-electron chi connectivity index (χ3n) is 6.78. The molecule has 4 aromatic carbocycles. The molecule has 0 saturated heterocycles. The quantitative estimate of drug-likeness (QED) is 0.214. The number of nitro groups is 1. The number of para-hydroxylation sites is 2. The van der Waals surface area contributed by atoms with E-state index in [9.17, 15) is 14.9 Å². The Balaban J connectivity index is 1.54. The van der Waals surface area contributed by atoms with Crippen molar-refractivity contribution in [3.63, 3.8) is 0 Å². The number of methoxy groups -OCH3 is 1. The maximum Gasteiger partial charge on any atom is 0.310 e. The molecule has 0 aromatic heterocycles. The average Bonchev–Trinajstić information content (AvgIpc) is 3.13. The number of ether oxygens (including phenoxy) is 2. The first kappa shape index (κ1) is 25.8. The smallest absolute Gasteiger partial charge is 0.310 e. The van der Waals surface area contributed by atoms with E-state index in [1.807, 2.05) is 60.7 Å². The molecule has 0 spiro atoms. The zero-order valence-corrected chi connectivity index (χ0v) is 21.8. The number of nitrogens with one attached hydrogen (secondary N) is 1. The number of nitro benzene ring substituents is 1. The van der Waals surface area contributed by atoms with Gasteiger partial charge in [0.05, 0.1) is 23.4 Å². The molecule has 0 aliphatic carbocycles. The molecule has 0 saturated carbocycles. The van der Waals surface area contributed by atoms with Crippen LogP contribution in [0.2, 0.25) is 0 Å². The highest BCUT2D eigenvalue weighted by molar-refractivity contribution is 6.08. The second-order valence-corrected chi connectivity index (χ2v) is 9.44. The summed E-state index contributed by atoms with van der Waals surface area (Å²) in [5.74, 6) is 0.514. The van der Waals surface area contributed by atoms with E-state index in [1.54, 1.807) is 29.2 Å². The number of nitrogens with zero attached hydrogens (tertiary/aromatic N) is 2. The molecule has 1 heterocycles. The van der Waals surface area contributed by atoms with E-state index < -0.39 is 4.92 Å². The van der Waals surface area contributed by atoms with E-state index in [4.69, 9.17) is 9.47 Å². The van der Waals surface area contributed by atoms with Gasteiger partial charge in [-0.3, -0.25) is 14.9 Å². The largest absolute Gasteiger partial charge is 0.490 e. The van der Waals surface area contributed by atoms with Crippen LogP contribution in [0.3, 0.4) is 0 Å². The van der Waals surface area contributed by atoms with Gasteiger partial charge in [-0.2, -0.15) is 0 Å². The molecule has 0 bridgehead atoms. The number of amides is 1. The second-order valence-electron chi connectivity index (χ2n) is 9.44. The Bertz CT molecular complexity index is 1510. The Labute approximate surface area is 227 Å². The monoisotopic (exact) mass is 523 g/mol. The van der Waals surface area contributed by atoms with Crippen molar-refractivity contribution in [1.29, 1.82) is 0 Å². The van der Waals surface area contributed by atoms with Gasteiger partial charge >= 0.3 is 5.69 Å². The fraction of sp³-hybridized carbons (Fsp3) is 0.194. The number of hydrogen-bond acceptors (Lipinski definition) is 6. The van der Waals surface area contributed by atoms with Crippen LogP contribution >= 0.6 is 0 Å². The fourth-order valence-corrected chi connectivity index (χ4v) is 4.72. The van der Waals surface area contributed by atoms with Crippen LogP contribution in [0.5, 0.6) is 11.5 Å². The minimum atomic E-state index is -0.480. The van der Waals surface area contributed by atoms with E-state index in [-0.39, 0.29) is 23.4 Å². The van der Waals surface area contributed by atoms with Crippen molar-refractivity contribution in [1.82, 2.24) is 0 Å². The maximum atomic E-state index is 13.9. The molecule has 1 amide bonds. The Morgan fingerprint density at radius 3 is 2.54 bits per heavy atom. The molecule has 0 unspecified atom stereocenters. The summed E-state index contributed by atoms with van der Waals surface area (Å²) in [5.41, 5.74) is 4.47. The molecule has 39 heavy (non-hydrogen) atoms. The third kappa shape index (κ3) is 5.55. The molecule has 0 radical (unpaired) electrons. The van der Waals surface area contributed by atoms with Gasteiger partial charge in [0.2, 0.25) is 0 Å². The number of carbonyl (C=O) groups is 1. The Hall–Kier alpha value is -4.85. The number of hydrogen-bond donors (Lipinski definition) is 1. The minimum absolute atomic E-state index is 0.123. The van der Waals surface area contributed by atoms with Crippen LogP contribution in [0.25, 0.3) is 11.1 Å². The van der Waals surface area contributed by atoms with Gasteiger partial charge in [-0.1, -0.05) is 42.5 Å². The van der Waals surface area contributed by atoms with Crippen molar-refractivity contribution in [2.75, 3.05) is 23.9 Å². The van der Waals surface area contributed by atoms with Crippen molar-refractivity contribution in [2.24, 2.45) is 0 Å². The number of carbonyl (C=O) groups excluding carboxylic acids is 1. The van der Waals surface area contributed by atoms with Gasteiger partial charge in [0.1, 0.15) is 12.4 Å². The highest BCUT2D eigenvalue weighted by Crippen LogP contribution is 2.38. The summed E-state index contributed by atoms with van der Waals surface area (Å²) in [6.45, 7) is 2.97. The van der Waals surface area contributed by atoms with E-state index in [0.717, 1.165) is 23.4 Å². The molecular weight excluding hydrogens is 494 g/mol. The Morgan fingerprint density at radius 2 is 1.77 bits per heavy atom. The fourth-order valence-electron chi connectivity index (χ4n) is 4.72. The summed E-state index contributed by atoms with van der Waals surface area (Å²) in [6.07, 6.45) is 0.804. The molecular formula is C31H29N3O5. The summed E-state index contributed by atoms with van der Waals surface area (Å²) in [6, 6.07) is 27.8. The van der Waals surface area contributed by atoms with Crippen molar-refractivity contribution in [3.8, 4) is 22.6 Å². The summed E-state index contributed by atoms with van der Waals surface area (Å²) >= 11 is 0. The maximum absolute atomic E-state index is 13.9. The van der Waals surface area contributed by atoms with E-state index in [0.29, 0.717) is 35.6 Å². The van der Waals surface area contributed by atoms with Crippen LogP contribution < -0.4 is 19.7 Å². The van der Waals surface area contributed by atoms with Crippen LogP contribution in [0, 0.1) is 10.1 Å². The van der Waals surface area contributed by atoms with E-state index >= 15 is 0 Å². The van der Waals surface area contributed by atoms with Gasteiger partial charge in [-0.15, -0.1) is 0 Å². The number of fused-ring (bicyclic) bond motifs is 1. The number of rotatable bonds is 7. The molecule has 1 N–H and O–H groups in total. The standard InChI is InChI=1S/C31H29N3O5/c1-21-16-17-33(27-11-7-6-10-26(27)32-21)31(35)24-12-14-25(23-13-15-28(34(36)37)30(18-23)38-2)29(19-24)39-20-22-8-4-3-5-9-22/h3-15,18-19,21,32H,16-17,20H2,1-2H3/t21-/m0/s1. The molecule has 8 heteroatoms. The topological polar surface area (TPSA) is 93.9 Å². The Morgan fingerprint density at radius 1 is 1.00 bits per heavy atom. The van der Waals surface area contributed by atoms with Crippen LogP contribution in [-0.2, 0) is 6.61 Å². The lowest BCUT2D eigenvalue weighted by molar-refractivity contribution is -0.385. The lowest BCUT2D eigenvalue weighted by Gasteiger charge is -2.23. The van der Waals surface area contributed by atoms with E-state index in [1.165, 1.54) is 13.2 Å². The predicted molar refractivity (Wildman–Crippen MR) is 152 cm³/mol. The zero-order chi connectivity index (χ0) is 27.4. The second kappa shape index (κ2) is 11.3. The van der Waals surface area contributed by atoms with Gasteiger partial charge in [-0.05, 0) is 66.9 Å². The first-order chi connectivity index (χ1) is 18.9. The van der Waals surface area contributed by atoms with Crippen molar-refractivity contribution in [2.45, 2.75) is 26.0 Å². The molecule has 4 aromatic rings. The molecule has 198 valence electrons. The van der Waals surface area contributed by atoms with Crippen molar-refractivity contribution in [3.05, 3.63) is 112 Å². The van der Waals surface area contributed by atoms with Crippen LogP contribution in [0.1, 0.15) is 29.3 Å². The summed E-state index contributed by atoms with van der Waals surface area (Å²) < 4.78 is 11.5. The average molecular weight is 524 g/mol. The van der Waals surface area contributed by atoms with Gasteiger partial charge < -0.3 is 19.7 Å². The lowest BCUT2D eigenvalue weighted by Crippen LogP contribution is -2.32. The minimum Gasteiger partial charge on any atom is -0.490 e. The third-order valence-corrected chi connectivity index (χ3v) is 6.78. The van der Waals surface area contributed by atoms with Gasteiger partial charge in [0.25, 0.3) is 5.91 Å². The van der Waals surface area contributed by atoms with Crippen molar-refractivity contribution >= 4 is 23.0 Å².